The highest BCUT2D eigenvalue weighted by atomic mass is 32.2. The third-order valence-corrected chi connectivity index (χ3v) is 6.14. The van der Waals surface area contributed by atoms with Gasteiger partial charge in [0, 0.05) is 25.2 Å². The van der Waals surface area contributed by atoms with E-state index >= 15 is 0 Å². The number of likely N-dealkylation sites (N-methyl/N-ethyl adjacent to an activating group) is 2. The van der Waals surface area contributed by atoms with Crippen LogP contribution < -0.4 is 0 Å². The summed E-state index contributed by atoms with van der Waals surface area (Å²) >= 11 is 0. The fourth-order valence-electron chi connectivity index (χ4n) is 2.91. The molecule has 1 heterocycles. The van der Waals surface area contributed by atoms with Crippen LogP contribution in [0.5, 0.6) is 0 Å². The third-order valence-electron chi connectivity index (χ3n) is 4.06. The van der Waals surface area contributed by atoms with Crippen LogP contribution >= 0.6 is 0 Å². The largest absolute Gasteiger partial charge is 0.302 e. The lowest BCUT2D eigenvalue weighted by molar-refractivity contribution is -0.387. The lowest BCUT2D eigenvalue weighted by atomic mass is 10.3. The van der Waals surface area contributed by atoms with Gasteiger partial charge in [-0.2, -0.15) is 4.31 Å². The van der Waals surface area contributed by atoms with Crippen molar-refractivity contribution in [2.45, 2.75) is 31.2 Å². The van der Waals surface area contributed by atoms with E-state index in [4.69, 9.17) is 0 Å². The summed E-state index contributed by atoms with van der Waals surface area (Å²) in [7, 11) is -3.88. The molecule has 1 atom stereocenters. The summed E-state index contributed by atoms with van der Waals surface area (Å²) < 4.78 is 27.1. The first-order valence-electron chi connectivity index (χ1n) is 7.39. The zero-order chi connectivity index (χ0) is 16.3. The number of sulfonamides is 1. The number of benzene rings is 1. The Balaban J connectivity index is 2.38. The van der Waals surface area contributed by atoms with Crippen LogP contribution in [0.1, 0.15) is 20.3 Å². The average molecular weight is 327 g/mol. The molecule has 7 nitrogen and oxygen atoms in total. The number of nitro benzene ring substituents is 1. The Morgan fingerprint density at radius 2 is 2.05 bits per heavy atom. The molecule has 0 spiro atoms. The quantitative estimate of drug-likeness (QED) is 0.586. The van der Waals surface area contributed by atoms with E-state index in [-0.39, 0.29) is 16.6 Å². The molecule has 1 aliphatic heterocycles. The molecule has 2 rings (SSSR count). The van der Waals surface area contributed by atoms with E-state index < -0.39 is 14.9 Å². The molecule has 0 bridgehead atoms. The molecular weight excluding hydrogens is 306 g/mol. The molecule has 8 heteroatoms. The fraction of sp³-hybridized carbons (Fsp3) is 0.571. The average Bonchev–Trinajstić information content (AvgIpc) is 2.96. The van der Waals surface area contributed by atoms with Crippen molar-refractivity contribution >= 4 is 15.7 Å². The van der Waals surface area contributed by atoms with Crippen molar-refractivity contribution in [2.75, 3.05) is 26.2 Å². The van der Waals surface area contributed by atoms with Crippen LogP contribution in [0.25, 0.3) is 0 Å². The van der Waals surface area contributed by atoms with Gasteiger partial charge in [-0.05, 0) is 25.6 Å². The topological polar surface area (TPSA) is 83.8 Å². The van der Waals surface area contributed by atoms with Gasteiger partial charge in [-0.1, -0.05) is 26.0 Å². The molecule has 1 unspecified atom stereocenters. The van der Waals surface area contributed by atoms with Crippen molar-refractivity contribution in [1.82, 2.24) is 9.21 Å². The van der Waals surface area contributed by atoms with Gasteiger partial charge in [-0.15, -0.1) is 0 Å². The van der Waals surface area contributed by atoms with E-state index in [0.29, 0.717) is 13.1 Å². The third kappa shape index (κ3) is 3.13. The van der Waals surface area contributed by atoms with Crippen LogP contribution in [0, 0.1) is 10.1 Å². The SMILES string of the molecule is CCN1CCC(N(CC)S(=O)(=O)c2ccccc2[N+](=O)[O-])C1. The van der Waals surface area contributed by atoms with Gasteiger partial charge in [0.15, 0.2) is 4.90 Å². The Labute approximate surface area is 130 Å². The maximum Gasteiger partial charge on any atom is 0.289 e. The lowest BCUT2D eigenvalue weighted by Crippen LogP contribution is -2.42. The van der Waals surface area contributed by atoms with E-state index in [1.807, 2.05) is 6.92 Å². The Morgan fingerprint density at radius 1 is 1.36 bits per heavy atom. The summed E-state index contributed by atoms with van der Waals surface area (Å²) in [6.45, 7) is 6.50. The first-order chi connectivity index (χ1) is 10.4. The number of para-hydroxylation sites is 1. The van der Waals surface area contributed by atoms with E-state index in [2.05, 4.69) is 4.90 Å². The second-order valence-electron chi connectivity index (χ2n) is 5.27. The maximum atomic E-state index is 12.9. The van der Waals surface area contributed by atoms with Gasteiger partial charge in [0.25, 0.3) is 5.69 Å². The highest BCUT2D eigenvalue weighted by Crippen LogP contribution is 2.29. The van der Waals surface area contributed by atoms with Gasteiger partial charge in [-0.3, -0.25) is 10.1 Å². The van der Waals surface area contributed by atoms with Gasteiger partial charge in [0.05, 0.1) is 4.92 Å². The van der Waals surface area contributed by atoms with Gasteiger partial charge < -0.3 is 4.90 Å². The lowest BCUT2D eigenvalue weighted by Gasteiger charge is -2.26. The molecule has 1 aromatic rings. The molecule has 0 aromatic heterocycles. The molecule has 1 aliphatic rings. The first-order valence-corrected chi connectivity index (χ1v) is 8.83. The zero-order valence-electron chi connectivity index (χ0n) is 12.8. The van der Waals surface area contributed by atoms with E-state index in [0.717, 1.165) is 19.5 Å². The van der Waals surface area contributed by atoms with Crippen LogP contribution in [0.3, 0.4) is 0 Å². The van der Waals surface area contributed by atoms with Crippen LogP contribution in [-0.2, 0) is 10.0 Å². The summed E-state index contributed by atoms with van der Waals surface area (Å²) in [5.74, 6) is 0. The monoisotopic (exact) mass is 327 g/mol. The van der Waals surface area contributed by atoms with Crippen molar-refractivity contribution in [1.29, 1.82) is 0 Å². The minimum Gasteiger partial charge on any atom is -0.302 e. The maximum absolute atomic E-state index is 12.9. The molecule has 1 aromatic carbocycles. The van der Waals surface area contributed by atoms with Crippen molar-refractivity contribution in [3.8, 4) is 0 Å². The van der Waals surface area contributed by atoms with Crippen LogP contribution in [0.4, 0.5) is 5.69 Å². The van der Waals surface area contributed by atoms with E-state index in [9.17, 15) is 18.5 Å². The van der Waals surface area contributed by atoms with Gasteiger partial charge in [0.1, 0.15) is 0 Å². The number of nitro groups is 1. The molecule has 0 N–H and O–H groups in total. The Hall–Kier alpha value is -1.51. The van der Waals surface area contributed by atoms with Gasteiger partial charge >= 0.3 is 0 Å². The number of likely N-dealkylation sites (tertiary alicyclic amines) is 1. The van der Waals surface area contributed by atoms with Gasteiger partial charge in [0.2, 0.25) is 10.0 Å². The van der Waals surface area contributed by atoms with Crippen molar-refractivity contribution in [3.05, 3.63) is 34.4 Å². The van der Waals surface area contributed by atoms with Crippen molar-refractivity contribution in [2.24, 2.45) is 0 Å². The van der Waals surface area contributed by atoms with Gasteiger partial charge in [-0.25, -0.2) is 8.42 Å². The Kier molecular flexibility index (Phi) is 5.15. The summed E-state index contributed by atoms with van der Waals surface area (Å²) in [5, 5.41) is 11.1. The summed E-state index contributed by atoms with van der Waals surface area (Å²) in [6, 6.07) is 5.40. The number of rotatable bonds is 6. The molecule has 22 heavy (non-hydrogen) atoms. The first kappa shape index (κ1) is 16.9. The molecule has 1 saturated heterocycles. The minimum absolute atomic E-state index is 0.130. The molecule has 0 radical (unpaired) electrons. The highest BCUT2D eigenvalue weighted by molar-refractivity contribution is 7.89. The standard InChI is InChI=1S/C14H21N3O4S/c1-3-15-10-9-12(11-15)16(4-2)22(20,21)14-8-6-5-7-13(14)17(18)19/h5-8,12H,3-4,9-11H2,1-2H3. The smallest absolute Gasteiger partial charge is 0.289 e. The predicted molar refractivity (Wildman–Crippen MR) is 83.2 cm³/mol. The number of hydrogen-bond acceptors (Lipinski definition) is 5. The molecule has 0 amide bonds. The molecular formula is C14H21N3O4S. The zero-order valence-corrected chi connectivity index (χ0v) is 13.6. The summed E-state index contributed by atoms with van der Waals surface area (Å²) in [4.78, 5) is 12.4. The highest BCUT2D eigenvalue weighted by Gasteiger charge is 2.37. The Morgan fingerprint density at radius 3 is 2.59 bits per heavy atom. The molecule has 122 valence electrons. The van der Waals surface area contributed by atoms with Crippen LogP contribution in [0.15, 0.2) is 29.2 Å². The van der Waals surface area contributed by atoms with Crippen LogP contribution in [0.2, 0.25) is 0 Å². The minimum atomic E-state index is -3.88. The summed E-state index contributed by atoms with van der Waals surface area (Å²) in [6.07, 6.45) is 0.752. The second-order valence-corrected chi connectivity index (χ2v) is 7.13. The normalized spacial score (nSPS) is 19.7. The molecule has 1 fully saturated rings. The second kappa shape index (κ2) is 6.72. The molecule has 0 saturated carbocycles. The van der Waals surface area contributed by atoms with E-state index in [1.165, 1.54) is 28.6 Å². The molecule has 0 aliphatic carbocycles. The van der Waals surface area contributed by atoms with Crippen molar-refractivity contribution < 1.29 is 13.3 Å². The predicted octanol–water partition coefficient (Wildman–Crippen LogP) is 1.70. The van der Waals surface area contributed by atoms with Crippen molar-refractivity contribution in [3.63, 3.8) is 0 Å². The van der Waals surface area contributed by atoms with E-state index in [1.54, 1.807) is 6.92 Å². The Bertz CT molecular complexity index is 647. The number of hydrogen-bond donors (Lipinski definition) is 0. The van der Waals surface area contributed by atoms with Crippen LogP contribution in [-0.4, -0.2) is 54.8 Å². The number of nitrogens with zero attached hydrogens (tertiary/aromatic N) is 3. The fourth-order valence-corrected chi connectivity index (χ4v) is 4.73. The summed E-state index contributed by atoms with van der Waals surface area (Å²) in [5.41, 5.74) is -0.369.